The molecule has 3 aromatic rings. The van der Waals surface area contributed by atoms with Crippen molar-refractivity contribution in [2.45, 2.75) is 64.1 Å². The standard InChI is InChI=1S/C20H25Cl2N7O4/c1-3-15-16(29(30)31)19(26-28(15)12-5-7-13(32-2)8-6-12)33-10-4-9-27-18-14(17(21)25-27)11-23-20(22)24-18/h11-13H,3-10H2,1-2H3/t12-,13-. The Kier molecular flexibility index (Phi) is 7.30. The Balaban J connectivity index is 1.46. The fraction of sp³-hybridized carbons (Fsp3) is 0.600. The summed E-state index contributed by atoms with van der Waals surface area (Å²) in [5.74, 6) is 0.0550. The van der Waals surface area contributed by atoms with E-state index in [0.29, 0.717) is 36.1 Å². The van der Waals surface area contributed by atoms with Crippen molar-refractivity contribution in [1.82, 2.24) is 29.5 Å². The molecule has 13 heteroatoms. The third-order valence-electron chi connectivity index (χ3n) is 5.96. The van der Waals surface area contributed by atoms with Crippen LogP contribution >= 0.6 is 23.2 Å². The number of hydrogen-bond donors (Lipinski definition) is 0. The molecule has 1 aliphatic rings. The van der Waals surface area contributed by atoms with Crippen molar-refractivity contribution in [3.05, 3.63) is 32.4 Å². The van der Waals surface area contributed by atoms with Crippen molar-refractivity contribution in [3.63, 3.8) is 0 Å². The van der Waals surface area contributed by atoms with Gasteiger partial charge in [-0.05, 0) is 43.7 Å². The van der Waals surface area contributed by atoms with Crippen molar-refractivity contribution in [3.8, 4) is 5.88 Å². The van der Waals surface area contributed by atoms with Gasteiger partial charge < -0.3 is 9.47 Å². The maximum atomic E-state index is 11.8. The van der Waals surface area contributed by atoms with Crippen molar-refractivity contribution in [2.24, 2.45) is 0 Å². The van der Waals surface area contributed by atoms with E-state index in [2.05, 4.69) is 20.2 Å². The van der Waals surface area contributed by atoms with Gasteiger partial charge in [0, 0.05) is 26.3 Å². The first kappa shape index (κ1) is 23.7. The average Bonchev–Trinajstić information content (AvgIpc) is 3.34. The Bertz CT molecular complexity index is 1140. The highest BCUT2D eigenvalue weighted by Gasteiger charge is 2.33. The molecule has 1 saturated carbocycles. The quantitative estimate of drug-likeness (QED) is 0.184. The predicted molar refractivity (Wildman–Crippen MR) is 122 cm³/mol. The zero-order valence-electron chi connectivity index (χ0n) is 18.4. The fourth-order valence-electron chi connectivity index (χ4n) is 4.32. The molecular formula is C20H25Cl2N7O4. The van der Waals surface area contributed by atoms with Gasteiger partial charge in [0.05, 0.1) is 29.1 Å². The first-order valence-corrected chi connectivity index (χ1v) is 11.6. The number of aryl methyl sites for hydroxylation is 1. The summed E-state index contributed by atoms with van der Waals surface area (Å²) in [5.41, 5.74) is 1.06. The van der Waals surface area contributed by atoms with E-state index >= 15 is 0 Å². The second-order valence-electron chi connectivity index (χ2n) is 7.91. The van der Waals surface area contributed by atoms with Crippen LogP contribution in [0.4, 0.5) is 5.69 Å². The molecule has 0 spiro atoms. The SMILES string of the molecule is CCc1c([N+](=O)[O-])c(OCCCn2nc(Cl)c3cnc(Cl)nc32)nn1[C@H]1CC[C@H](OC)CC1. The summed E-state index contributed by atoms with van der Waals surface area (Å²) >= 11 is 12.0. The van der Waals surface area contributed by atoms with Gasteiger partial charge in [0.25, 0.3) is 0 Å². The average molecular weight is 498 g/mol. The van der Waals surface area contributed by atoms with Crippen LogP contribution in [0.15, 0.2) is 6.20 Å². The zero-order valence-corrected chi connectivity index (χ0v) is 19.9. The molecular weight excluding hydrogens is 473 g/mol. The Morgan fingerprint density at radius 3 is 2.67 bits per heavy atom. The van der Waals surface area contributed by atoms with E-state index in [9.17, 15) is 10.1 Å². The summed E-state index contributed by atoms with van der Waals surface area (Å²) in [5, 5.41) is 21.6. The van der Waals surface area contributed by atoms with E-state index in [1.807, 2.05) is 6.92 Å². The zero-order chi connectivity index (χ0) is 23.5. The Labute approximate surface area is 200 Å². The van der Waals surface area contributed by atoms with Crippen LogP contribution in [0.5, 0.6) is 5.88 Å². The van der Waals surface area contributed by atoms with Crippen LogP contribution < -0.4 is 4.74 Å². The summed E-state index contributed by atoms with van der Waals surface area (Å²) in [7, 11) is 1.72. The first-order valence-electron chi connectivity index (χ1n) is 10.9. The van der Waals surface area contributed by atoms with Crippen molar-refractivity contribution in [2.75, 3.05) is 13.7 Å². The normalized spacial score (nSPS) is 18.7. The van der Waals surface area contributed by atoms with Gasteiger partial charge in [-0.3, -0.25) is 14.8 Å². The van der Waals surface area contributed by atoms with E-state index in [-0.39, 0.29) is 40.8 Å². The topological polar surface area (TPSA) is 123 Å². The lowest BCUT2D eigenvalue weighted by atomic mass is 9.93. The lowest BCUT2D eigenvalue weighted by Crippen LogP contribution is -2.24. The van der Waals surface area contributed by atoms with Gasteiger partial charge in [-0.1, -0.05) is 18.5 Å². The van der Waals surface area contributed by atoms with Crippen LogP contribution in [0, 0.1) is 10.1 Å². The summed E-state index contributed by atoms with van der Waals surface area (Å²) in [6, 6.07) is 0.101. The summed E-state index contributed by atoms with van der Waals surface area (Å²) in [6.45, 7) is 2.55. The molecule has 11 nitrogen and oxygen atoms in total. The number of ether oxygens (including phenoxy) is 2. The second kappa shape index (κ2) is 10.2. The Hall–Kier alpha value is -2.50. The number of methoxy groups -OCH3 is 1. The number of nitrogens with zero attached hydrogens (tertiary/aromatic N) is 7. The smallest absolute Gasteiger partial charge is 0.353 e. The highest BCUT2D eigenvalue weighted by atomic mass is 35.5. The minimum Gasteiger partial charge on any atom is -0.472 e. The van der Waals surface area contributed by atoms with Gasteiger partial charge >= 0.3 is 11.6 Å². The van der Waals surface area contributed by atoms with Crippen molar-refractivity contribution >= 4 is 39.9 Å². The van der Waals surface area contributed by atoms with Crippen LogP contribution in [0.1, 0.15) is 50.8 Å². The van der Waals surface area contributed by atoms with E-state index in [1.54, 1.807) is 16.5 Å². The number of aromatic nitrogens is 6. The van der Waals surface area contributed by atoms with Crippen LogP contribution in [-0.4, -0.2) is 54.3 Å². The van der Waals surface area contributed by atoms with Gasteiger partial charge in [0.2, 0.25) is 5.28 Å². The molecule has 0 aliphatic heterocycles. The third-order valence-corrected chi connectivity index (χ3v) is 6.42. The monoisotopic (exact) mass is 497 g/mol. The van der Waals surface area contributed by atoms with Crippen LogP contribution in [-0.2, 0) is 17.7 Å². The number of halogens is 2. The maximum Gasteiger partial charge on any atom is 0.353 e. The van der Waals surface area contributed by atoms with E-state index in [4.69, 9.17) is 32.7 Å². The van der Waals surface area contributed by atoms with E-state index < -0.39 is 4.92 Å². The molecule has 3 aromatic heterocycles. The van der Waals surface area contributed by atoms with Gasteiger partial charge in [0.1, 0.15) is 5.69 Å². The van der Waals surface area contributed by atoms with Gasteiger partial charge in [-0.25, -0.2) is 9.67 Å². The van der Waals surface area contributed by atoms with Crippen LogP contribution in [0.3, 0.4) is 0 Å². The highest BCUT2D eigenvalue weighted by molar-refractivity contribution is 6.34. The predicted octanol–water partition coefficient (Wildman–Crippen LogP) is 4.40. The number of hydrogen-bond acceptors (Lipinski definition) is 8. The lowest BCUT2D eigenvalue weighted by molar-refractivity contribution is -0.386. The molecule has 3 heterocycles. The molecule has 0 N–H and O–H groups in total. The van der Waals surface area contributed by atoms with Gasteiger partial charge in [-0.2, -0.15) is 10.1 Å². The molecule has 0 amide bonds. The molecule has 0 radical (unpaired) electrons. The van der Waals surface area contributed by atoms with Gasteiger partial charge in [0.15, 0.2) is 10.8 Å². The van der Waals surface area contributed by atoms with Crippen LogP contribution in [0.2, 0.25) is 10.4 Å². The minimum absolute atomic E-state index is 0.0550. The Morgan fingerprint density at radius 1 is 1.24 bits per heavy atom. The number of nitro groups is 1. The minimum atomic E-state index is -0.405. The molecule has 33 heavy (non-hydrogen) atoms. The molecule has 178 valence electrons. The summed E-state index contributed by atoms with van der Waals surface area (Å²) in [6.07, 6.45) is 6.30. The Morgan fingerprint density at radius 2 is 2.00 bits per heavy atom. The van der Waals surface area contributed by atoms with E-state index in [1.165, 1.54) is 6.20 Å². The molecule has 0 saturated heterocycles. The summed E-state index contributed by atoms with van der Waals surface area (Å²) < 4.78 is 14.6. The highest BCUT2D eigenvalue weighted by Crippen LogP contribution is 2.37. The lowest BCUT2D eigenvalue weighted by Gasteiger charge is -2.28. The summed E-state index contributed by atoms with van der Waals surface area (Å²) in [4.78, 5) is 19.5. The second-order valence-corrected chi connectivity index (χ2v) is 8.61. The van der Waals surface area contributed by atoms with Crippen molar-refractivity contribution < 1.29 is 14.4 Å². The molecule has 0 aromatic carbocycles. The largest absolute Gasteiger partial charge is 0.472 e. The molecule has 1 fully saturated rings. The molecule has 1 aliphatic carbocycles. The van der Waals surface area contributed by atoms with E-state index in [0.717, 1.165) is 25.7 Å². The fourth-order valence-corrected chi connectivity index (χ4v) is 4.67. The van der Waals surface area contributed by atoms with Gasteiger partial charge in [-0.15, -0.1) is 5.10 Å². The molecule has 0 unspecified atom stereocenters. The van der Waals surface area contributed by atoms with Crippen LogP contribution in [0.25, 0.3) is 11.0 Å². The third kappa shape index (κ3) is 4.90. The number of rotatable bonds is 9. The number of fused-ring (bicyclic) bond motifs is 1. The molecule has 4 rings (SSSR count). The first-order chi connectivity index (χ1) is 15.9. The van der Waals surface area contributed by atoms with Crippen molar-refractivity contribution in [1.29, 1.82) is 0 Å². The molecule has 0 atom stereocenters. The maximum absolute atomic E-state index is 11.8. The molecule has 0 bridgehead atoms.